The Morgan fingerprint density at radius 3 is 2.92 bits per heavy atom. The number of ether oxygens (including phenoxy) is 1. The Labute approximate surface area is 146 Å². The van der Waals surface area contributed by atoms with Crippen LogP contribution in [0.2, 0.25) is 0 Å². The third kappa shape index (κ3) is 5.38. The van der Waals surface area contributed by atoms with Gasteiger partial charge in [-0.05, 0) is 31.7 Å². The molecule has 24 heavy (non-hydrogen) atoms. The SMILES string of the molecule is C=CCCCN(C)C(=NCC1CCOC1c1ccccc1)NCC. The van der Waals surface area contributed by atoms with Gasteiger partial charge in [0.1, 0.15) is 0 Å². The third-order valence-corrected chi connectivity index (χ3v) is 4.42. The van der Waals surface area contributed by atoms with Gasteiger partial charge in [0.25, 0.3) is 0 Å². The van der Waals surface area contributed by atoms with Crippen LogP contribution in [0.4, 0.5) is 0 Å². The molecule has 4 heteroatoms. The summed E-state index contributed by atoms with van der Waals surface area (Å²) in [4.78, 5) is 7.08. The molecular weight excluding hydrogens is 298 g/mol. The van der Waals surface area contributed by atoms with Crippen molar-refractivity contribution >= 4 is 5.96 Å². The molecule has 4 nitrogen and oxygen atoms in total. The summed E-state index contributed by atoms with van der Waals surface area (Å²) in [5.74, 6) is 1.43. The van der Waals surface area contributed by atoms with Gasteiger partial charge in [0, 0.05) is 39.2 Å². The first-order valence-electron chi connectivity index (χ1n) is 9.03. The Morgan fingerprint density at radius 2 is 2.21 bits per heavy atom. The number of allylic oxidation sites excluding steroid dienone is 1. The molecule has 1 aromatic carbocycles. The quantitative estimate of drug-likeness (QED) is 0.342. The monoisotopic (exact) mass is 329 g/mol. The minimum atomic E-state index is 0.170. The first kappa shape index (κ1) is 18.5. The smallest absolute Gasteiger partial charge is 0.193 e. The van der Waals surface area contributed by atoms with Crippen molar-refractivity contribution in [3.63, 3.8) is 0 Å². The predicted molar refractivity (Wildman–Crippen MR) is 101 cm³/mol. The number of nitrogens with zero attached hydrogens (tertiary/aromatic N) is 2. The second kappa shape index (κ2) is 10.1. The van der Waals surface area contributed by atoms with E-state index in [9.17, 15) is 0 Å². The van der Waals surface area contributed by atoms with E-state index >= 15 is 0 Å². The minimum Gasteiger partial charge on any atom is -0.373 e. The van der Waals surface area contributed by atoms with Gasteiger partial charge < -0.3 is 15.0 Å². The molecule has 0 saturated carbocycles. The summed E-state index contributed by atoms with van der Waals surface area (Å²) in [6, 6.07) is 10.5. The molecule has 0 aromatic heterocycles. The number of benzene rings is 1. The molecular formula is C20H31N3O. The molecule has 1 fully saturated rings. The summed E-state index contributed by atoms with van der Waals surface area (Å²) in [6.07, 6.45) is 5.35. The van der Waals surface area contributed by atoms with Gasteiger partial charge in [-0.15, -0.1) is 6.58 Å². The van der Waals surface area contributed by atoms with Gasteiger partial charge in [-0.3, -0.25) is 4.99 Å². The molecule has 0 spiro atoms. The lowest BCUT2D eigenvalue weighted by atomic mass is 9.95. The molecule has 1 aliphatic heterocycles. The van der Waals surface area contributed by atoms with Gasteiger partial charge in [-0.1, -0.05) is 36.4 Å². The molecule has 1 N–H and O–H groups in total. The van der Waals surface area contributed by atoms with Crippen molar-refractivity contribution in [3.8, 4) is 0 Å². The van der Waals surface area contributed by atoms with Crippen LogP contribution in [0.3, 0.4) is 0 Å². The molecule has 0 radical (unpaired) electrons. The van der Waals surface area contributed by atoms with Crippen molar-refractivity contribution in [2.24, 2.45) is 10.9 Å². The van der Waals surface area contributed by atoms with Gasteiger partial charge in [0.05, 0.1) is 6.10 Å². The molecule has 132 valence electrons. The third-order valence-electron chi connectivity index (χ3n) is 4.42. The second-order valence-electron chi connectivity index (χ2n) is 6.30. The summed E-state index contributed by atoms with van der Waals surface area (Å²) in [5, 5.41) is 3.40. The number of rotatable bonds is 8. The Kier molecular flexibility index (Phi) is 7.83. The lowest BCUT2D eigenvalue weighted by Gasteiger charge is -2.23. The molecule has 0 amide bonds. The highest BCUT2D eigenvalue weighted by Gasteiger charge is 2.29. The average molecular weight is 329 g/mol. The maximum absolute atomic E-state index is 5.97. The van der Waals surface area contributed by atoms with Crippen LogP contribution in [-0.2, 0) is 4.74 Å². The number of hydrogen-bond acceptors (Lipinski definition) is 2. The normalized spacial score (nSPS) is 20.8. The van der Waals surface area contributed by atoms with E-state index in [0.29, 0.717) is 5.92 Å². The van der Waals surface area contributed by atoms with Crippen molar-refractivity contribution in [1.29, 1.82) is 0 Å². The van der Waals surface area contributed by atoms with E-state index in [1.165, 1.54) is 5.56 Å². The highest BCUT2D eigenvalue weighted by Crippen LogP contribution is 2.34. The van der Waals surface area contributed by atoms with E-state index < -0.39 is 0 Å². The number of nitrogens with one attached hydrogen (secondary N) is 1. The zero-order valence-corrected chi connectivity index (χ0v) is 15.1. The van der Waals surface area contributed by atoms with E-state index in [1.54, 1.807) is 0 Å². The molecule has 1 aliphatic rings. The summed E-state index contributed by atoms with van der Waals surface area (Å²) in [6.45, 7) is 9.39. The van der Waals surface area contributed by atoms with Crippen LogP contribution in [0.1, 0.15) is 37.9 Å². The van der Waals surface area contributed by atoms with Crippen LogP contribution in [-0.4, -0.2) is 44.1 Å². The van der Waals surface area contributed by atoms with E-state index in [1.807, 2.05) is 12.1 Å². The van der Waals surface area contributed by atoms with Gasteiger partial charge >= 0.3 is 0 Å². The molecule has 0 bridgehead atoms. The van der Waals surface area contributed by atoms with Crippen molar-refractivity contribution < 1.29 is 4.74 Å². The standard InChI is InChI=1S/C20H31N3O/c1-4-6-10-14-23(3)20(21-5-2)22-16-18-13-15-24-19(18)17-11-8-7-9-12-17/h4,7-9,11-12,18-19H,1,5-6,10,13-16H2,2-3H3,(H,21,22). The fourth-order valence-corrected chi connectivity index (χ4v) is 3.08. The number of aliphatic imine (C=N–C) groups is 1. The number of unbranched alkanes of at least 4 members (excludes halogenated alkanes) is 1. The van der Waals surface area contributed by atoms with Gasteiger partial charge in [0.2, 0.25) is 0 Å². The molecule has 1 heterocycles. The van der Waals surface area contributed by atoms with Crippen LogP contribution < -0.4 is 5.32 Å². The number of guanidine groups is 1. The van der Waals surface area contributed by atoms with E-state index in [0.717, 1.165) is 51.5 Å². The lowest BCUT2D eigenvalue weighted by Crippen LogP contribution is -2.39. The predicted octanol–water partition coefficient (Wildman–Crippen LogP) is 3.63. The average Bonchev–Trinajstić information content (AvgIpc) is 3.08. The summed E-state index contributed by atoms with van der Waals surface area (Å²) in [7, 11) is 2.10. The van der Waals surface area contributed by atoms with E-state index in [-0.39, 0.29) is 6.10 Å². The van der Waals surface area contributed by atoms with Crippen LogP contribution in [0, 0.1) is 5.92 Å². The molecule has 2 rings (SSSR count). The minimum absolute atomic E-state index is 0.170. The second-order valence-corrected chi connectivity index (χ2v) is 6.30. The fraction of sp³-hybridized carbons (Fsp3) is 0.550. The highest BCUT2D eigenvalue weighted by molar-refractivity contribution is 5.79. The zero-order valence-electron chi connectivity index (χ0n) is 15.1. The van der Waals surface area contributed by atoms with Gasteiger partial charge in [-0.2, -0.15) is 0 Å². The van der Waals surface area contributed by atoms with Gasteiger partial charge in [-0.25, -0.2) is 0 Å². The summed E-state index contributed by atoms with van der Waals surface area (Å²) in [5.41, 5.74) is 1.26. The van der Waals surface area contributed by atoms with Crippen LogP contribution >= 0.6 is 0 Å². The molecule has 1 saturated heterocycles. The van der Waals surface area contributed by atoms with E-state index in [4.69, 9.17) is 9.73 Å². The van der Waals surface area contributed by atoms with Crippen molar-refractivity contribution in [3.05, 3.63) is 48.6 Å². The first-order valence-corrected chi connectivity index (χ1v) is 9.03. The van der Waals surface area contributed by atoms with Crippen LogP contribution in [0.5, 0.6) is 0 Å². The Bertz CT molecular complexity index is 515. The van der Waals surface area contributed by atoms with Crippen molar-refractivity contribution in [1.82, 2.24) is 10.2 Å². The molecule has 0 aliphatic carbocycles. The molecule has 1 aromatic rings. The summed E-state index contributed by atoms with van der Waals surface area (Å²) >= 11 is 0. The first-order chi connectivity index (χ1) is 11.8. The van der Waals surface area contributed by atoms with Crippen molar-refractivity contribution in [2.45, 2.75) is 32.3 Å². The molecule has 2 atom stereocenters. The Morgan fingerprint density at radius 1 is 1.42 bits per heavy atom. The maximum Gasteiger partial charge on any atom is 0.193 e. The Balaban J connectivity index is 1.97. The number of hydrogen-bond donors (Lipinski definition) is 1. The van der Waals surface area contributed by atoms with Gasteiger partial charge in [0.15, 0.2) is 5.96 Å². The maximum atomic E-state index is 5.97. The fourth-order valence-electron chi connectivity index (χ4n) is 3.08. The highest BCUT2D eigenvalue weighted by atomic mass is 16.5. The van der Waals surface area contributed by atoms with Crippen molar-refractivity contribution in [2.75, 3.05) is 33.3 Å². The topological polar surface area (TPSA) is 36.9 Å². The van der Waals surface area contributed by atoms with E-state index in [2.05, 4.69) is 55.0 Å². The van der Waals surface area contributed by atoms with Crippen LogP contribution in [0.25, 0.3) is 0 Å². The van der Waals surface area contributed by atoms with Crippen LogP contribution in [0.15, 0.2) is 48.0 Å². The lowest BCUT2D eigenvalue weighted by molar-refractivity contribution is 0.0925. The largest absolute Gasteiger partial charge is 0.373 e. The zero-order chi connectivity index (χ0) is 17.2. The summed E-state index contributed by atoms with van der Waals surface area (Å²) < 4.78 is 5.97. The molecule has 2 unspecified atom stereocenters. The Hall–Kier alpha value is -1.81.